The Morgan fingerprint density at radius 3 is 2.79 bits per heavy atom. The summed E-state index contributed by atoms with van der Waals surface area (Å²) < 4.78 is 18.4. The molecular formula is C22H26FN3O3. The maximum Gasteiger partial charge on any atom is 0.276 e. The molecule has 1 aromatic heterocycles. The summed E-state index contributed by atoms with van der Waals surface area (Å²) in [5.74, 6) is -0.219. The van der Waals surface area contributed by atoms with Gasteiger partial charge in [0.25, 0.3) is 5.91 Å². The smallest absolute Gasteiger partial charge is 0.276 e. The van der Waals surface area contributed by atoms with Gasteiger partial charge >= 0.3 is 0 Å². The van der Waals surface area contributed by atoms with Gasteiger partial charge < -0.3 is 14.7 Å². The van der Waals surface area contributed by atoms with E-state index in [0.717, 1.165) is 6.42 Å². The quantitative estimate of drug-likeness (QED) is 0.719. The van der Waals surface area contributed by atoms with E-state index in [1.807, 2.05) is 13.8 Å². The number of carbonyl (C=O) groups is 2. The zero-order valence-electron chi connectivity index (χ0n) is 16.7. The fraction of sp³-hybridized carbons (Fsp3) is 0.409. The van der Waals surface area contributed by atoms with Crippen LogP contribution in [0.2, 0.25) is 0 Å². The van der Waals surface area contributed by atoms with Crippen molar-refractivity contribution in [2.24, 2.45) is 5.92 Å². The standard InChI is InChI=1S/C22H26FN3O3/c1-4-5-6-17-13-26(19(11-14(2)3)21(27)24-17)22(28)18-12-20(29-25-18)15-7-9-16(23)10-8-15/h4,7-10,12,14,17,19H,1,5-6,11,13H2,2-3H3,(H,24,27)/t17-,19-/m0/s1. The lowest BCUT2D eigenvalue weighted by Crippen LogP contribution is -2.61. The molecule has 29 heavy (non-hydrogen) atoms. The fourth-order valence-electron chi connectivity index (χ4n) is 3.51. The first-order valence-electron chi connectivity index (χ1n) is 9.84. The van der Waals surface area contributed by atoms with Gasteiger partial charge in [-0.05, 0) is 49.4 Å². The largest absolute Gasteiger partial charge is 0.355 e. The molecule has 6 nitrogen and oxygen atoms in total. The molecule has 2 aromatic rings. The molecule has 0 aliphatic carbocycles. The van der Waals surface area contributed by atoms with Crippen molar-refractivity contribution in [2.75, 3.05) is 6.54 Å². The van der Waals surface area contributed by atoms with Gasteiger partial charge in [-0.1, -0.05) is 25.1 Å². The van der Waals surface area contributed by atoms with Crippen LogP contribution in [0.1, 0.15) is 43.6 Å². The van der Waals surface area contributed by atoms with Gasteiger partial charge in [0.15, 0.2) is 11.5 Å². The molecule has 0 radical (unpaired) electrons. The highest BCUT2D eigenvalue weighted by Crippen LogP contribution is 2.24. The van der Waals surface area contributed by atoms with Crippen molar-refractivity contribution in [1.29, 1.82) is 0 Å². The minimum Gasteiger partial charge on any atom is -0.355 e. The molecule has 1 aromatic carbocycles. The van der Waals surface area contributed by atoms with E-state index in [1.165, 1.54) is 18.2 Å². The summed E-state index contributed by atoms with van der Waals surface area (Å²) in [6, 6.07) is 6.61. The predicted molar refractivity (Wildman–Crippen MR) is 108 cm³/mol. The second-order valence-corrected chi connectivity index (χ2v) is 7.76. The first kappa shape index (κ1) is 20.8. The zero-order valence-corrected chi connectivity index (χ0v) is 16.7. The third-order valence-electron chi connectivity index (χ3n) is 4.98. The van der Waals surface area contributed by atoms with Gasteiger partial charge in [0, 0.05) is 24.2 Å². The van der Waals surface area contributed by atoms with Crippen LogP contribution in [0.15, 0.2) is 47.5 Å². The number of nitrogens with zero attached hydrogens (tertiary/aromatic N) is 2. The molecule has 1 N–H and O–H groups in total. The van der Waals surface area contributed by atoms with Crippen LogP contribution in [0.3, 0.4) is 0 Å². The van der Waals surface area contributed by atoms with Crippen molar-refractivity contribution < 1.29 is 18.5 Å². The molecule has 1 fully saturated rings. The number of rotatable bonds is 7. The number of amides is 2. The van der Waals surface area contributed by atoms with Crippen LogP contribution in [0, 0.1) is 11.7 Å². The van der Waals surface area contributed by atoms with E-state index in [-0.39, 0.29) is 35.3 Å². The number of halogens is 1. The third kappa shape index (κ3) is 4.91. The average molecular weight is 399 g/mol. The molecule has 2 atom stereocenters. The molecule has 0 unspecified atom stereocenters. The van der Waals surface area contributed by atoms with Crippen molar-refractivity contribution in [1.82, 2.24) is 15.4 Å². The van der Waals surface area contributed by atoms with Gasteiger partial charge in [-0.25, -0.2) is 4.39 Å². The normalized spacial score (nSPS) is 19.3. The highest BCUT2D eigenvalue weighted by molar-refractivity contribution is 5.97. The van der Waals surface area contributed by atoms with Gasteiger partial charge in [0.05, 0.1) is 0 Å². The molecule has 2 amide bonds. The maximum atomic E-state index is 13.2. The third-order valence-corrected chi connectivity index (χ3v) is 4.98. The minimum atomic E-state index is -0.548. The Hall–Kier alpha value is -2.96. The van der Waals surface area contributed by atoms with Gasteiger partial charge in [-0.15, -0.1) is 6.58 Å². The summed E-state index contributed by atoms with van der Waals surface area (Å²) in [4.78, 5) is 27.5. The SMILES string of the molecule is C=CCC[C@H]1CN(C(=O)c2cc(-c3ccc(F)cc3)on2)[C@@H](CC(C)C)C(=O)N1. The molecule has 0 spiro atoms. The van der Waals surface area contributed by atoms with Crippen molar-refractivity contribution in [3.05, 3.63) is 54.5 Å². The molecule has 0 saturated carbocycles. The van der Waals surface area contributed by atoms with E-state index in [2.05, 4.69) is 17.1 Å². The van der Waals surface area contributed by atoms with Crippen LogP contribution < -0.4 is 5.32 Å². The molecule has 0 bridgehead atoms. The lowest BCUT2D eigenvalue weighted by atomic mass is 9.96. The number of nitrogens with one attached hydrogen (secondary N) is 1. The number of carbonyl (C=O) groups excluding carboxylic acids is 2. The molecule has 1 aliphatic rings. The van der Waals surface area contributed by atoms with Crippen molar-refractivity contribution in [3.8, 4) is 11.3 Å². The molecule has 2 heterocycles. The zero-order chi connectivity index (χ0) is 21.0. The van der Waals surface area contributed by atoms with Gasteiger partial charge in [-0.2, -0.15) is 0 Å². The molecular weight excluding hydrogens is 373 g/mol. The Kier molecular flexibility index (Phi) is 6.46. The highest BCUT2D eigenvalue weighted by Gasteiger charge is 2.38. The van der Waals surface area contributed by atoms with Crippen LogP contribution in [0.5, 0.6) is 0 Å². The summed E-state index contributed by atoms with van der Waals surface area (Å²) in [6.07, 6.45) is 3.83. The Balaban J connectivity index is 1.83. The monoisotopic (exact) mass is 399 g/mol. The summed E-state index contributed by atoms with van der Waals surface area (Å²) >= 11 is 0. The highest BCUT2D eigenvalue weighted by atomic mass is 19.1. The molecule has 7 heteroatoms. The van der Waals surface area contributed by atoms with E-state index >= 15 is 0 Å². The number of hydrogen-bond acceptors (Lipinski definition) is 4. The van der Waals surface area contributed by atoms with E-state index in [1.54, 1.807) is 23.1 Å². The van der Waals surface area contributed by atoms with E-state index in [9.17, 15) is 14.0 Å². The Morgan fingerprint density at radius 2 is 2.14 bits per heavy atom. The van der Waals surface area contributed by atoms with Crippen molar-refractivity contribution in [3.63, 3.8) is 0 Å². The predicted octanol–water partition coefficient (Wildman–Crippen LogP) is 3.80. The summed E-state index contributed by atoms with van der Waals surface area (Å²) in [5.41, 5.74) is 0.757. The van der Waals surface area contributed by atoms with Gasteiger partial charge in [0.1, 0.15) is 11.9 Å². The minimum absolute atomic E-state index is 0.128. The second kappa shape index (κ2) is 9.03. The molecule has 1 saturated heterocycles. The first-order chi connectivity index (χ1) is 13.9. The Bertz CT molecular complexity index is 876. The van der Waals surface area contributed by atoms with Gasteiger partial charge in [0.2, 0.25) is 5.91 Å². The van der Waals surface area contributed by atoms with E-state index in [4.69, 9.17) is 4.52 Å². The number of hydrogen-bond donors (Lipinski definition) is 1. The van der Waals surface area contributed by atoms with Crippen LogP contribution in [-0.2, 0) is 4.79 Å². The van der Waals surface area contributed by atoms with E-state index < -0.39 is 6.04 Å². The molecule has 154 valence electrons. The number of benzene rings is 1. The maximum absolute atomic E-state index is 13.2. The first-order valence-corrected chi connectivity index (χ1v) is 9.84. The number of aromatic nitrogens is 1. The van der Waals surface area contributed by atoms with E-state index in [0.29, 0.717) is 30.7 Å². The lowest BCUT2D eigenvalue weighted by Gasteiger charge is -2.39. The van der Waals surface area contributed by atoms with Crippen LogP contribution >= 0.6 is 0 Å². The molecule has 1 aliphatic heterocycles. The Labute approximate surface area is 169 Å². The van der Waals surface area contributed by atoms with Gasteiger partial charge in [-0.3, -0.25) is 9.59 Å². The molecule has 3 rings (SSSR count). The lowest BCUT2D eigenvalue weighted by molar-refractivity contribution is -0.130. The fourth-order valence-corrected chi connectivity index (χ4v) is 3.51. The summed E-state index contributed by atoms with van der Waals surface area (Å²) in [6.45, 7) is 8.16. The second-order valence-electron chi connectivity index (χ2n) is 7.76. The summed E-state index contributed by atoms with van der Waals surface area (Å²) in [7, 11) is 0. The topological polar surface area (TPSA) is 75.4 Å². The van der Waals surface area contributed by atoms with Crippen LogP contribution in [0.4, 0.5) is 4.39 Å². The van der Waals surface area contributed by atoms with Crippen LogP contribution in [0.25, 0.3) is 11.3 Å². The van der Waals surface area contributed by atoms with Crippen LogP contribution in [-0.4, -0.2) is 40.5 Å². The number of piperazine rings is 1. The number of allylic oxidation sites excluding steroid dienone is 1. The van der Waals surface area contributed by atoms with Crippen molar-refractivity contribution >= 4 is 11.8 Å². The summed E-state index contributed by atoms with van der Waals surface area (Å²) in [5, 5.41) is 6.93. The van der Waals surface area contributed by atoms with Crippen molar-refractivity contribution in [2.45, 2.75) is 45.2 Å². The Morgan fingerprint density at radius 1 is 1.41 bits per heavy atom. The average Bonchev–Trinajstić information content (AvgIpc) is 3.18.